The SMILES string of the molecule is CC1(C)OB(C2=CCN(C3(c4ccc(OC(F)(F)F)cc4)C(=O)Nc4c(C(F)(F)F)cccc43)CC2)OC1(C)C. The predicted molar refractivity (Wildman–Crippen MR) is 134 cm³/mol. The number of hydrogen-bond donors (Lipinski definition) is 1. The van der Waals surface area contributed by atoms with E-state index in [1.54, 1.807) is 4.90 Å². The number of anilines is 1. The first-order chi connectivity index (χ1) is 18.5. The Balaban J connectivity index is 1.57. The third-order valence-electron chi connectivity index (χ3n) is 8.11. The number of rotatable bonds is 4. The summed E-state index contributed by atoms with van der Waals surface area (Å²) >= 11 is 0. The fraction of sp³-hybridized carbons (Fsp3) is 0.444. The molecule has 1 amide bonds. The molecule has 40 heavy (non-hydrogen) atoms. The Morgan fingerprint density at radius 3 is 2.10 bits per heavy atom. The second-order valence-corrected chi connectivity index (χ2v) is 11.0. The molecule has 2 aromatic carbocycles. The van der Waals surface area contributed by atoms with Crippen molar-refractivity contribution in [3.05, 3.63) is 70.7 Å². The molecule has 13 heteroatoms. The fourth-order valence-electron chi connectivity index (χ4n) is 5.43. The number of fused-ring (bicyclic) bond motifs is 1. The van der Waals surface area contributed by atoms with E-state index in [4.69, 9.17) is 9.31 Å². The lowest BCUT2D eigenvalue weighted by Crippen LogP contribution is -2.53. The van der Waals surface area contributed by atoms with Crippen LogP contribution in [-0.4, -0.2) is 48.6 Å². The van der Waals surface area contributed by atoms with Gasteiger partial charge in [-0.15, -0.1) is 13.2 Å². The van der Waals surface area contributed by atoms with Gasteiger partial charge in [-0.1, -0.05) is 30.3 Å². The van der Waals surface area contributed by atoms with Crippen molar-refractivity contribution in [2.75, 3.05) is 18.4 Å². The van der Waals surface area contributed by atoms with Crippen LogP contribution in [0.3, 0.4) is 0 Å². The van der Waals surface area contributed by atoms with Gasteiger partial charge in [-0.3, -0.25) is 9.69 Å². The van der Waals surface area contributed by atoms with E-state index >= 15 is 0 Å². The van der Waals surface area contributed by atoms with Crippen molar-refractivity contribution in [3.8, 4) is 5.75 Å². The second-order valence-electron chi connectivity index (χ2n) is 11.0. The maximum atomic E-state index is 13.9. The Morgan fingerprint density at radius 2 is 1.57 bits per heavy atom. The van der Waals surface area contributed by atoms with E-state index in [1.807, 2.05) is 33.8 Å². The second kappa shape index (κ2) is 9.25. The van der Waals surface area contributed by atoms with Crippen LogP contribution in [0.15, 0.2) is 54.0 Å². The number of carbonyl (C=O) groups excluding carboxylic acids is 1. The van der Waals surface area contributed by atoms with Crippen molar-refractivity contribution in [1.29, 1.82) is 0 Å². The first kappa shape index (κ1) is 28.5. The third-order valence-corrected chi connectivity index (χ3v) is 8.11. The van der Waals surface area contributed by atoms with E-state index in [0.717, 1.165) is 23.7 Å². The largest absolute Gasteiger partial charge is 0.573 e. The van der Waals surface area contributed by atoms with Gasteiger partial charge >= 0.3 is 19.7 Å². The molecule has 1 unspecified atom stereocenters. The lowest BCUT2D eigenvalue weighted by atomic mass is 9.73. The van der Waals surface area contributed by atoms with Crippen LogP contribution in [0.2, 0.25) is 0 Å². The minimum absolute atomic E-state index is 0.0595. The average molecular weight is 568 g/mol. The number of hydrogen-bond acceptors (Lipinski definition) is 5. The van der Waals surface area contributed by atoms with Crippen molar-refractivity contribution >= 4 is 18.7 Å². The number of alkyl halides is 6. The Bertz CT molecular complexity index is 1340. The van der Waals surface area contributed by atoms with Gasteiger partial charge in [0, 0.05) is 18.7 Å². The molecule has 0 saturated carbocycles. The first-order valence-corrected chi connectivity index (χ1v) is 12.6. The quantitative estimate of drug-likeness (QED) is 0.359. The lowest BCUT2D eigenvalue weighted by Gasteiger charge is -2.42. The van der Waals surface area contributed by atoms with Gasteiger partial charge in [-0.25, -0.2) is 0 Å². The zero-order valence-electron chi connectivity index (χ0n) is 22.2. The molecule has 3 aliphatic rings. The predicted octanol–water partition coefficient (Wildman–Crippen LogP) is 6.06. The van der Waals surface area contributed by atoms with Gasteiger partial charge in [0.15, 0.2) is 5.54 Å². The van der Waals surface area contributed by atoms with E-state index in [2.05, 4.69) is 10.1 Å². The molecule has 1 fully saturated rings. The van der Waals surface area contributed by atoms with Crippen LogP contribution in [0.4, 0.5) is 32.0 Å². The Labute approximate surface area is 227 Å². The number of ether oxygens (including phenoxy) is 1. The summed E-state index contributed by atoms with van der Waals surface area (Å²) in [4.78, 5) is 15.5. The number of amides is 1. The van der Waals surface area contributed by atoms with E-state index in [0.29, 0.717) is 6.42 Å². The zero-order chi connectivity index (χ0) is 29.3. The standard InChI is InChI=1S/C27H27BF6N2O4/c1-23(2)24(3,4)40-28(39-23)17-12-14-36(15-13-17)25(16-8-10-18(11-9-16)38-27(32,33)34)19-6-5-7-20(26(29,30)31)21(19)35-22(25)37/h5-12H,13-15H2,1-4H3,(H,35,37). The van der Waals surface area contributed by atoms with E-state index in [9.17, 15) is 31.1 Å². The lowest BCUT2D eigenvalue weighted by molar-refractivity contribution is -0.274. The van der Waals surface area contributed by atoms with Gasteiger partial charge < -0.3 is 19.4 Å². The third kappa shape index (κ3) is 4.67. The highest BCUT2D eigenvalue weighted by molar-refractivity contribution is 6.54. The number of nitrogens with zero attached hydrogens (tertiary/aromatic N) is 1. The van der Waals surface area contributed by atoms with Crippen molar-refractivity contribution in [1.82, 2.24) is 4.90 Å². The Morgan fingerprint density at radius 1 is 0.950 bits per heavy atom. The molecule has 5 rings (SSSR count). The molecule has 0 aromatic heterocycles. The van der Waals surface area contributed by atoms with Gasteiger partial charge in [0.1, 0.15) is 5.75 Å². The van der Waals surface area contributed by atoms with Crippen LogP contribution in [-0.2, 0) is 25.8 Å². The highest BCUT2D eigenvalue weighted by atomic mass is 19.4. The molecular weight excluding hydrogens is 541 g/mol. The molecule has 214 valence electrons. The zero-order valence-corrected chi connectivity index (χ0v) is 22.2. The van der Waals surface area contributed by atoms with E-state index in [1.165, 1.54) is 24.3 Å². The summed E-state index contributed by atoms with van der Waals surface area (Å²) in [6, 6.07) is 8.14. The molecule has 1 saturated heterocycles. The summed E-state index contributed by atoms with van der Waals surface area (Å²) in [5, 5.41) is 2.42. The van der Waals surface area contributed by atoms with Crippen LogP contribution >= 0.6 is 0 Å². The van der Waals surface area contributed by atoms with Crippen LogP contribution in [0.1, 0.15) is 50.8 Å². The normalized spacial score (nSPS) is 24.5. The highest BCUT2D eigenvalue weighted by Gasteiger charge is 2.56. The summed E-state index contributed by atoms with van der Waals surface area (Å²) in [7, 11) is -0.622. The maximum absolute atomic E-state index is 13.9. The Hall–Kier alpha value is -3.03. The number of nitrogens with one attached hydrogen (secondary N) is 1. The van der Waals surface area contributed by atoms with Gasteiger partial charge in [-0.05, 0) is 63.4 Å². The molecule has 6 nitrogen and oxygen atoms in total. The Kier molecular flexibility index (Phi) is 6.59. The summed E-state index contributed by atoms with van der Waals surface area (Å²) in [6.07, 6.45) is -7.46. The van der Waals surface area contributed by atoms with Crippen molar-refractivity contribution in [2.24, 2.45) is 0 Å². The van der Waals surface area contributed by atoms with Gasteiger partial charge in [0.25, 0.3) is 5.91 Å². The molecule has 2 aromatic rings. The van der Waals surface area contributed by atoms with Gasteiger partial charge in [0.05, 0.1) is 22.5 Å². The van der Waals surface area contributed by atoms with Crippen molar-refractivity contribution < 1.29 is 45.2 Å². The summed E-state index contributed by atoms with van der Waals surface area (Å²) in [6.45, 7) is 8.05. The average Bonchev–Trinajstić information content (AvgIpc) is 3.26. The van der Waals surface area contributed by atoms with Gasteiger partial charge in [0.2, 0.25) is 0 Å². The summed E-state index contributed by atoms with van der Waals surface area (Å²) in [5.41, 5.74) is -3.19. The molecular formula is C27H27BF6N2O4. The van der Waals surface area contributed by atoms with Crippen molar-refractivity contribution in [2.45, 2.75) is 63.4 Å². The highest BCUT2D eigenvalue weighted by Crippen LogP contribution is 2.51. The van der Waals surface area contributed by atoms with Gasteiger partial charge in [-0.2, -0.15) is 13.2 Å². The molecule has 0 bridgehead atoms. The fourth-order valence-corrected chi connectivity index (χ4v) is 5.43. The van der Waals surface area contributed by atoms with Crippen LogP contribution < -0.4 is 10.1 Å². The number of benzene rings is 2. The first-order valence-electron chi connectivity index (χ1n) is 12.6. The van der Waals surface area contributed by atoms with Crippen LogP contribution in [0.5, 0.6) is 5.75 Å². The monoisotopic (exact) mass is 568 g/mol. The minimum Gasteiger partial charge on any atom is -0.406 e. The number of carbonyl (C=O) groups is 1. The molecule has 1 atom stereocenters. The number of halogens is 6. The van der Waals surface area contributed by atoms with E-state index < -0.39 is 53.6 Å². The molecule has 1 N–H and O–H groups in total. The minimum atomic E-state index is -4.93. The molecule has 3 aliphatic heterocycles. The molecule has 0 radical (unpaired) electrons. The smallest absolute Gasteiger partial charge is 0.406 e. The maximum Gasteiger partial charge on any atom is 0.573 e. The van der Waals surface area contributed by atoms with Crippen LogP contribution in [0, 0.1) is 0 Å². The topological polar surface area (TPSA) is 60.0 Å². The molecule has 0 spiro atoms. The number of para-hydroxylation sites is 1. The summed E-state index contributed by atoms with van der Waals surface area (Å²) in [5.74, 6) is -1.26. The van der Waals surface area contributed by atoms with Crippen molar-refractivity contribution in [3.63, 3.8) is 0 Å². The summed E-state index contributed by atoms with van der Waals surface area (Å²) < 4.78 is 96.2. The molecule has 3 heterocycles. The van der Waals surface area contributed by atoms with Crippen LogP contribution in [0.25, 0.3) is 0 Å². The van der Waals surface area contributed by atoms with E-state index in [-0.39, 0.29) is 29.9 Å². The molecule has 0 aliphatic carbocycles.